The predicted molar refractivity (Wildman–Crippen MR) is 40.4 cm³/mol. The van der Waals surface area contributed by atoms with Gasteiger partial charge in [0.15, 0.2) is 0 Å². The fourth-order valence-electron chi connectivity index (χ4n) is 1.00. The van der Waals surface area contributed by atoms with E-state index in [0.717, 1.165) is 12.1 Å². The molecule has 1 atom stereocenters. The average molecular weight is 139 g/mol. The van der Waals surface area contributed by atoms with Crippen molar-refractivity contribution in [1.29, 1.82) is 0 Å². The van der Waals surface area contributed by atoms with Crippen LogP contribution in [0.5, 0.6) is 0 Å². The van der Waals surface area contributed by atoms with Crippen LogP contribution < -0.4 is 5.43 Å². The maximum atomic E-state index is 4.08. The van der Waals surface area contributed by atoms with E-state index in [9.17, 15) is 0 Å². The van der Waals surface area contributed by atoms with Gasteiger partial charge in [0.2, 0.25) is 0 Å². The van der Waals surface area contributed by atoms with Crippen molar-refractivity contribution < 1.29 is 0 Å². The Morgan fingerprint density at radius 2 is 2.40 bits per heavy atom. The number of nitrogens with zero attached hydrogens (tertiary/aromatic N) is 2. The molecule has 3 nitrogen and oxygen atoms in total. The molecule has 1 aliphatic heterocycles. The van der Waals surface area contributed by atoms with Crippen LogP contribution in [0.15, 0.2) is 22.1 Å². The SMILES string of the molecule is C/C=C1/NN=NC1(C)CC. The zero-order chi connectivity index (χ0) is 7.61. The Morgan fingerprint density at radius 3 is 2.80 bits per heavy atom. The van der Waals surface area contributed by atoms with Crippen LogP contribution in [0.4, 0.5) is 0 Å². The molecule has 1 unspecified atom stereocenters. The minimum absolute atomic E-state index is 0.0885. The van der Waals surface area contributed by atoms with Crippen LogP contribution in [0.1, 0.15) is 27.2 Å². The first-order valence-electron chi connectivity index (χ1n) is 3.57. The molecule has 1 rings (SSSR count). The Kier molecular flexibility index (Phi) is 1.74. The highest BCUT2D eigenvalue weighted by atomic mass is 15.5. The molecule has 10 heavy (non-hydrogen) atoms. The molecule has 0 radical (unpaired) electrons. The lowest BCUT2D eigenvalue weighted by molar-refractivity contribution is 0.537. The topological polar surface area (TPSA) is 36.8 Å². The first kappa shape index (κ1) is 7.25. The van der Waals surface area contributed by atoms with E-state index in [4.69, 9.17) is 0 Å². The lowest BCUT2D eigenvalue weighted by Crippen LogP contribution is -2.24. The van der Waals surface area contributed by atoms with Gasteiger partial charge >= 0.3 is 0 Å². The highest BCUT2D eigenvalue weighted by Gasteiger charge is 2.30. The maximum absolute atomic E-state index is 4.08. The van der Waals surface area contributed by atoms with Gasteiger partial charge in [0.1, 0.15) is 5.54 Å². The third kappa shape index (κ3) is 0.916. The van der Waals surface area contributed by atoms with Gasteiger partial charge in [-0.05, 0) is 20.3 Å². The van der Waals surface area contributed by atoms with E-state index in [1.54, 1.807) is 0 Å². The second-order valence-electron chi connectivity index (χ2n) is 2.64. The fourth-order valence-corrected chi connectivity index (χ4v) is 1.00. The summed E-state index contributed by atoms with van der Waals surface area (Å²) in [7, 11) is 0. The van der Waals surface area contributed by atoms with Crippen LogP contribution in [-0.4, -0.2) is 5.54 Å². The zero-order valence-corrected chi connectivity index (χ0v) is 6.68. The van der Waals surface area contributed by atoms with Gasteiger partial charge in [-0.1, -0.05) is 18.2 Å². The molecule has 0 amide bonds. The van der Waals surface area contributed by atoms with Crippen molar-refractivity contribution in [1.82, 2.24) is 5.43 Å². The molecule has 0 spiro atoms. The van der Waals surface area contributed by atoms with Gasteiger partial charge in [-0.3, -0.25) is 5.43 Å². The standard InChI is InChI=1S/C7H13N3/c1-4-6-7(3,5-2)9-10-8-6/h4H,5H2,1-3H3,(H,8,9)/b6-4+. The molecule has 0 aromatic rings. The van der Waals surface area contributed by atoms with E-state index in [0.29, 0.717) is 0 Å². The normalized spacial score (nSPS) is 34.9. The molecule has 0 aromatic heterocycles. The molecule has 0 saturated carbocycles. The van der Waals surface area contributed by atoms with Gasteiger partial charge in [-0.15, -0.1) is 0 Å². The quantitative estimate of drug-likeness (QED) is 0.593. The monoisotopic (exact) mass is 139 g/mol. The Balaban J connectivity index is 2.84. The van der Waals surface area contributed by atoms with Gasteiger partial charge in [0.05, 0.1) is 5.70 Å². The highest BCUT2D eigenvalue weighted by molar-refractivity contribution is 5.17. The number of allylic oxidation sites excluding steroid dienone is 1. The lowest BCUT2D eigenvalue weighted by atomic mass is 9.96. The number of hydrogen-bond donors (Lipinski definition) is 1. The van der Waals surface area contributed by atoms with Crippen LogP contribution in [0.3, 0.4) is 0 Å². The molecule has 0 aliphatic carbocycles. The summed E-state index contributed by atoms with van der Waals surface area (Å²) in [6, 6.07) is 0. The Morgan fingerprint density at radius 1 is 1.70 bits per heavy atom. The summed E-state index contributed by atoms with van der Waals surface area (Å²) in [5.41, 5.74) is 3.89. The number of rotatable bonds is 1. The van der Waals surface area contributed by atoms with Crippen LogP contribution >= 0.6 is 0 Å². The molecule has 0 aromatic carbocycles. The molecule has 1 N–H and O–H groups in total. The van der Waals surface area contributed by atoms with Crippen molar-refractivity contribution in [2.45, 2.75) is 32.7 Å². The van der Waals surface area contributed by atoms with Crippen molar-refractivity contribution in [3.63, 3.8) is 0 Å². The Labute approximate surface area is 61.2 Å². The molecular weight excluding hydrogens is 126 g/mol. The largest absolute Gasteiger partial charge is 0.262 e. The third-order valence-corrected chi connectivity index (χ3v) is 2.00. The Hall–Kier alpha value is -0.860. The van der Waals surface area contributed by atoms with Crippen molar-refractivity contribution in [2.75, 3.05) is 0 Å². The van der Waals surface area contributed by atoms with Crippen molar-refractivity contribution in [3.05, 3.63) is 11.8 Å². The fraction of sp³-hybridized carbons (Fsp3) is 0.714. The molecule has 1 aliphatic rings. The summed E-state index contributed by atoms with van der Waals surface area (Å²) in [6.07, 6.45) is 3.01. The van der Waals surface area contributed by atoms with Crippen molar-refractivity contribution >= 4 is 0 Å². The second kappa shape index (κ2) is 2.40. The maximum Gasteiger partial charge on any atom is 0.121 e. The molecule has 0 fully saturated rings. The van der Waals surface area contributed by atoms with E-state index in [1.807, 2.05) is 13.0 Å². The first-order chi connectivity index (χ1) is 4.73. The smallest absolute Gasteiger partial charge is 0.121 e. The summed E-state index contributed by atoms with van der Waals surface area (Å²) in [4.78, 5) is 0. The van der Waals surface area contributed by atoms with Crippen molar-refractivity contribution in [2.24, 2.45) is 10.3 Å². The summed E-state index contributed by atoms with van der Waals surface area (Å²) in [5, 5.41) is 7.85. The molecule has 3 heteroatoms. The Bertz CT molecular complexity index is 183. The third-order valence-electron chi connectivity index (χ3n) is 2.00. The predicted octanol–water partition coefficient (Wildman–Crippen LogP) is 2.03. The molecular formula is C7H13N3. The zero-order valence-electron chi connectivity index (χ0n) is 6.68. The van der Waals surface area contributed by atoms with Gasteiger partial charge in [0, 0.05) is 0 Å². The molecule has 0 bridgehead atoms. The first-order valence-corrected chi connectivity index (χ1v) is 3.57. The minimum Gasteiger partial charge on any atom is -0.262 e. The van der Waals surface area contributed by atoms with E-state index in [-0.39, 0.29) is 5.54 Å². The summed E-state index contributed by atoms with van der Waals surface area (Å²) >= 11 is 0. The minimum atomic E-state index is -0.0885. The van der Waals surface area contributed by atoms with E-state index in [1.165, 1.54) is 0 Å². The summed E-state index contributed by atoms with van der Waals surface area (Å²) in [6.45, 7) is 6.17. The molecule has 0 saturated heterocycles. The van der Waals surface area contributed by atoms with Crippen LogP contribution in [0, 0.1) is 0 Å². The van der Waals surface area contributed by atoms with E-state index in [2.05, 4.69) is 29.6 Å². The number of hydrogen-bond acceptors (Lipinski definition) is 3. The van der Waals surface area contributed by atoms with Crippen LogP contribution in [-0.2, 0) is 0 Å². The summed E-state index contributed by atoms with van der Waals surface area (Å²) in [5.74, 6) is 0. The van der Waals surface area contributed by atoms with Gasteiger partial charge in [-0.2, -0.15) is 5.11 Å². The molecule has 56 valence electrons. The molecule has 1 heterocycles. The van der Waals surface area contributed by atoms with E-state index >= 15 is 0 Å². The number of nitrogens with one attached hydrogen (secondary N) is 1. The van der Waals surface area contributed by atoms with Gasteiger partial charge in [-0.25, -0.2) is 0 Å². The van der Waals surface area contributed by atoms with Gasteiger partial charge in [0.25, 0.3) is 0 Å². The van der Waals surface area contributed by atoms with E-state index < -0.39 is 0 Å². The van der Waals surface area contributed by atoms with Crippen LogP contribution in [0.25, 0.3) is 0 Å². The highest BCUT2D eigenvalue weighted by Crippen LogP contribution is 2.27. The van der Waals surface area contributed by atoms with Crippen molar-refractivity contribution in [3.8, 4) is 0 Å². The van der Waals surface area contributed by atoms with Crippen LogP contribution in [0.2, 0.25) is 0 Å². The summed E-state index contributed by atoms with van der Waals surface area (Å²) < 4.78 is 0. The van der Waals surface area contributed by atoms with Gasteiger partial charge < -0.3 is 0 Å². The second-order valence-corrected chi connectivity index (χ2v) is 2.64. The lowest BCUT2D eigenvalue weighted by Gasteiger charge is -2.16. The average Bonchev–Trinajstić information content (AvgIpc) is 2.32.